The topological polar surface area (TPSA) is 93.4 Å². The van der Waals surface area contributed by atoms with Gasteiger partial charge in [-0.15, -0.1) is 0 Å². The average molecular weight is 273 g/mol. The van der Waals surface area contributed by atoms with Crippen molar-refractivity contribution in [2.75, 3.05) is 11.4 Å². The Bertz CT molecular complexity index is 604. The number of aliphatic hydroxyl groups excluding tert-OH is 1. The smallest absolute Gasteiger partial charge is 0.249 e. The molecule has 1 aliphatic rings. The normalized spacial score (nSPS) is 20.3. The molecule has 1 fully saturated rings. The minimum atomic E-state index is -0.759. The van der Waals surface area contributed by atoms with E-state index >= 15 is 0 Å². The third-order valence-corrected chi connectivity index (χ3v) is 3.34. The van der Waals surface area contributed by atoms with Gasteiger partial charge in [0.25, 0.3) is 0 Å². The number of nitrogens with zero attached hydrogens (tertiary/aromatic N) is 2. The number of piperazine rings is 1. The second-order valence-electron chi connectivity index (χ2n) is 4.78. The van der Waals surface area contributed by atoms with Gasteiger partial charge in [-0.05, 0) is 26.0 Å². The molecule has 1 aliphatic heterocycles. The van der Waals surface area contributed by atoms with E-state index in [0.717, 1.165) is 0 Å². The molecule has 2 atom stereocenters. The van der Waals surface area contributed by atoms with Gasteiger partial charge in [-0.2, -0.15) is 5.26 Å². The highest BCUT2D eigenvalue weighted by atomic mass is 16.3. The number of carbonyl (C=O) groups is 2. The van der Waals surface area contributed by atoms with Crippen LogP contribution in [-0.4, -0.2) is 29.5 Å². The number of hydrogen-bond donors (Lipinski definition) is 2. The van der Waals surface area contributed by atoms with Gasteiger partial charge >= 0.3 is 0 Å². The van der Waals surface area contributed by atoms with Crippen LogP contribution in [0, 0.1) is 11.3 Å². The molecule has 1 aromatic carbocycles. The number of anilines is 1. The summed E-state index contributed by atoms with van der Waals surface area (Å²) in [7, 11) is 0. The van der Waals surface area contributed by atoms with Crippen LogP contribution in [0.5, 0.6) is 0 Å². The molecule has 0 spiro atoms. The van der Waals surface area contributed by atoms with Crippen molar-refractivity contribution in [1.82, 2.24) is 5.32 Å². The lowest BCUT2D eigenvalue weighted by Gasteiger charge is -2.35. The molecule has 0 radical (unpaired) electrons. The summed E-state index contributed by atoms with van der Waals surface area (Å²) < 4.78 is 0. The summed E-state index contributed by atoms with van der Waals surface area (Å²) in [5.74, 6) is -0.785. The van der Waals surface area contributed by atoms with Gasteiger partial charge in [0.1, 0.15) is 6.04 Å². The Kier molecular flexibility index (Phi) is 3.72. The summed E-state index contributed by atoms with van der Waals surface area (Å²) in [6.45, 7) is 3.29. The van der Waals surface area contributed by atoms with Gasteiger partial charge in [0.2, 0.25) is 11.8 Å². The molecule has 1 aromatic rings. The van der Waals surface area contributed by atoms with Crippen molar-refractivity contribution in [3.05, 3.63) is 29.3 Å². The number of amides is 2. The van der Waals surface area contributed by atoms with Crippen LogP contribution in [0.2, 0.25) is 0 Å². The second-order valence-corrected chi connectivity index (χ2v) is 4.78. The van der Waals surface area contributed by atoms with Gasteiger partial charge in [-0.1, -0.05) is 6.07 Å². The number of benzene rings is 1. The van der Waals surface area contributed by atoms with E-state index in [4.69, 9.17) is 5.26 Å². The molecule has 0 saturated carbocycles. The summed E-state index contributed by atoms with van der Waals surface area (Å²) in [5, 5.41) is 21.1. The third kappa shape index (κ3) is 2.49. The number of rotatable bonds is 2. The van der Waals surface area contributed by atoms with Crippen LogP contribution in [0.25, 0.3) is 0 Å². The number of imide groups is 1. The van der Waals surface area contributed by atoms with Crippen LogP contribution in [0.1, 0.15) is 31.1 Å². The summed E-state index contributed by atoms with van der Waals surface area (Å²) in [6.07, 6.45) is -0.759. The molecule has 1 saturated heterocycles. The largest absolute Gasteiger partial charge is 0.389 e. The maximum atomic E-state index is 11.7. The molecule has 20 heavy (non-hydrogen) atoms. The van der Waals surface area contributed by atoms with Crippen LogP contribution >= 0.6 is 0 Å². The molecule has 0 bridgehead atoms. The molecule has 2 N–H and O–H groups in total. The molecule has 1 unspecified atom stereocenters. The number of nitriles is 1. The zero-order valence-electron chi connectivity index (χ0n) is 11.3. The van der Waals surface area contributed by atoms with Gasteiger partial charge in [0, 0.05) is 11.3 Å². The zero-order chi connectivity index (χ0) is 14.9. The van der Waals surface area contributed by atoms with E-state index < -0.39 is 18.1 Å². The van der Waals surface area contributed by atoms with Crippen LogP contribution in [0.4, 0.5) is 5.69 Å². The molecule has 0 aromatic heterocycles. The maximum absolute atomic E-state index is 11.7. The lowest BCUT2D eigenvalue weighted by molar-refractivity contribution is -0.132. The second kappa shape index (κ2) is 5.31. The molecule has 0 aliphatic carbocycles. The van der Waals surface area contributed by atoms with E-state index in [1.807, 2.05) is 6.07 Å². The van der Waals surface area contributed by atoms with E-state index in [-0.39, 0.29) is 12.5 Å². The van der Waals surface area contributed by atoms with E-state index in [9.17, 15) is 14.7 Å². The fourth-order valence-corrected chi connectivity index (χ4v) is 2.22. The molecule has 6 nitrogen and oxygen atoms in total. The molecule has 2 rings (SSSR count). The number of carbonyl (C=O) groups excluding carboxylic acids is 2. The lowest BCUT2D eigenvalue weighted by Crippen LogP contribution is -2.57. The van der Waals surface area contributed by atoms with Crippen molar-refractivity contribution in [2.24, 2.45) is 0 Å². The molecular weight excluding hydrogens is 258 g/mol. The van der Waals surface area contributed by atoms with Crippen molar-refractivity contribution in [1.29, 1.82) is 5.26 Å². The minimum absolute atomic E-state index is 0.0154. The van der Waals surface area contributed by atoms with E-state index in [1.54, 1.807) is 36.9 Å². The predicted octanol–water partition coefficient (Wildman–Crippen LogP) is 0.463. The molecular formula is C14H15N3O3. The zero-order valence-corrected chi connectivity index (χ0v) is 11.3. The highest BCUT2D eigenvalue weighted by molar-refractivity contribution is 6.04. The first-order valence-corrected chi connectivity index (χ1v) is 6.26. The number of nitrogens with one attached hydrogen (secondary N) is 1. The van der Waals surface area contributed by atoms with Crippen molar-refractivity contribution in [2.45, 2.75) is 26.0 Å². The molecule has 1 heterocycles. The van der Waals surface area contributed by atoms with Crippen molar-refractivity contribution >= 4 is 17.5 Å². The highest BCUT2D eigenvalue weighted by Crippen LogP contribution is 2.29. The van der Waals surface area contributed by atoms with E-state index in [0.29, 0.717) is 16.8 Å². The standard InChI is InChI=1S/C14H15N3O3/c1-8-14(20)16-13(19)7-17(8)12-5-10(6-15)3-4-11(12)9(2)18/h3-5,8-9,18H,7H2,1-2H3,(H,16,19,20)/t8?,9-/m1/s1. The van der Waals surface area contributed by atoms with E-state index in [1.165, 1.54) is 0 Å². The predicted molar refractivity (Wildman–Crippen MR) is 71.7 cm³/mol. The summed E-state index contributed by atoms with van der Waals surface area (Å²) in [5.41, 5.74) is 1.53. The summed E-state index contributed by atoms with van der Waals surface area (Å²) in [4.78, 5) is 24.9. The van der Waals surface area contributed by atoms with Crippen LogP contribution in [0.3, 0.4) is 0 Å². The Morgan fingerprint density at radius 2 is 2.20 bits per heavy atom. The fraction of sp³-hybridized carbons (Fsp3) is 0.357. The molecule has 2 amide bonds. The minimum Gasteiger partial charge on any atom is -0.389 e. The van der Waals surface area contributed by atoms with Crippen LogP contribution in [0.15, 0.2) is 18.2 Å². The Balaban J connectivity index is 2.51. The quantitative estimate of drug-likeness (QED) is 0.764. The van der Waals surface area contributed by atoms with Gasteiger partial charge < -0.3 is 10.0 Å². The Morgan fingerprint density at radius 1 is 1.50 bits per heavy atom. The molecule has 104 valence electrons. The van der Waals surface area contributed by atoms with Gasteiger partial charge in [-0.25, -0.2) is 0 Å². The monoisotopic (exact) mass is 273 g/mol. The van der Waals surface area contributed by atoms with Crippen LogP contribution in [-0.2, 0) is 9.59 Å². The molecule has 6 heteroatoms. The Morgan fingerprint density at radius 3 is 2.80 bits per heavy atom. The highest BCUT2D eigenvalue weighted by Gasteiger charge is 2.32. The van der Waals surface area contributed by atoms with Crippen molar-refractivity contribution in [3.63, 3.8) is 0 Å². The number of hydrogen-bond acceptors (Lipinski definition) is 5. The van der Waals surface area contributed by atoms with Gasteiger partial charge in [0.05, 0.1) is 24.3 Å². The average Bonchev–Trinajstić information content (AvgIpc) is 2.42. The lowest BCUT2D eigenvalue weighted by atomic mass is 10.0. The Hall–Kier alpha value is -2.39. The van der Waals surface area contributed by atoms with E-state index in [2.05, 4.69) is 5.32 Å². The SMILES string of the molecule is CC1C(=O)NC(=O)CN1c1cc(C#N)ccc1[C@@H](C)O. The van der Waals surface area contributed by atoms with Crippen LogP contribution < -0.4 is 10.2 Å². The summed E-state index contributed by atoms with van der Waals surface area (Å²) in [6, 6.07) is 6.30. The first-order chi connectivity index (χ1) is 9.43. The van der Waals surface area contributed by atoms with Gasteiger partial charge in [-0.3, -0.25) is 14.9 Å². The Labute approximate surface area is 116 Å². The fourth-order valence-electron chi connectivity index (χ4n) is 2.22. The van der Waals surface area contributed by atoms with Crippen molar-refractivity contribution < 1.29 is 14.7 Å². The number of aliphatic hydroxyl groups is 1. The summed E-state index contributed by atoms with van der Waals surface area (Å²) >= 11 is 0. The van der Waals surface area contributed by atoms with Crippen molar-refractivity contribution in [3.8, 4) is 6.07 Å². The third-order valence-electron chi connectivity index (χ3n) is 3.34. The maximum Gasteiger partial charge on any atom is 0.249 e. The van der Waals surface area contributed by atoms with Gasteiger partial charge in [0.15, 0.2) is 0 Å². The first kappa shape index (κ1) is 14.0. The first-order valence-electron chi connectivity index (χ1n) is 6.26.